The van der Waals surface area contributed by atoms with E-state index in [1.54, 1.807) is 12.1 Å². The quantitative estimate of drug-likeness (QED) is 0.264. The van der Waals surface area contributed by atoms with Crippen LogP contribution in [0.25, 0.3) is 0 Å². The molecular weight excluding hydrogens is 516 g/mol. The van der Waals surface area contributed by atoms with Gasteiger partial charge < -0.3 is 9.47 Å². The molecule has 122 valence electrons. The van der Waals surface area contributed by atoms with Gasteiger partial charge in [-0.2, -0.15) is 8.42 Å². The lowest BCUT2D eigenvalue weighted by atomic mass is 10.3. The van der Waals surface area contributed by atoms with Crippen molar-refractivity contribution in [2.45, 2.75) is 6.42 Å². The van der Waals surface area contributed by atoms with Gasteiger partial charge >= 0.3 is 11.9 Å². The van der Waals surface area contributed by atoms with Crippen LogP contribution in [0.5, 0.6) is 5.75 Å². The number of hydrogen-bond donors (Lipinski definition) is 1. The number of halogens is 3. The van der Waals surface area contributed by atoms with E-state index in [1.807, 2.05) is 0 Å². The molecule has 7 nitrogen and oxygen atoms in total. The zero-order valence-corrected chi connectivity index (χ0v) is 16.3. The summed E-state index contributed by atoms with van der Waals surface area (Å²) in [4.78, 5) is 23.0. The Labute approximate surface area is 151 Å². The van der Waals surface area contributed by atoms with Gasteiger partial charge in [0.15, 0.2) is 5.75 Å². The minimum absolute atomic E-state index is 0.193. The second kappa shape index (κ2) is 8.39. The molecule has 0 aliphatic heterocycles. The van der Waals surface area contributed by atoms with E-state index in [0.717, 1.165) is 4.47 Å². The first-order valence-electron chi connectivity index (χ1n) is 5.54. The number of carbonyl (C=O) groups is 2. The van der Waals surface area contributed by atoms with E-state index >= 15 is 0 Å². The number of carbonyl (C=O) groups excluding carboxylic acids is 2. The van der Waals surface area contributed by atoms with Gasteiger partial charge in [-0.3, -0.25) is 14.1 Å². The lowest BCUT2D eigenvalue weighted by Crippen LogP contribution is -2.19. The van der Waals surface area contributed by atoms with Crippen LogP contribution in [0.2, 0.25) is 0 Å². The Balaban J connectivity index is 2.55. The summed E-state index contributed by atoms with van der Waals surface area (Å²) in [6.45, 7) is -0.545. The van der Waals surface area contributed by atoms with Gasteiger partial charge in [0.25, 0.3) is 10.1 Å². The highest BCUT2D eigenvalue weighted by molar-refractivity contribution is 9.11. The van der Waals surface area contributed by atoms with Crippen molar-refractivity contribution < 1.29 is 32.0 Å². The summed E-state index contributed by atoms with van der Waals surface area (Å²) in [6.07, 6.45) is -0.694. The van der Waals surface area contributed by atoms with Crippen LogP contribution >= 0.6 is 47.8 Å². The molecule has 22 heavy (non-hydrogen) atoms. The summed E-state index contributed by atoms with van der Waals surface area (Å²) >= 11 is 9.67. The molecule has 0 aromatic heterocycles. The third-order valence-corrected chi connectivity index (χ3v) is 4.39. The highest BCUT2D eigenvalue weighted by Gasteiger charge is 2.17. The summed E-state index contributed by atoms with van der Waals surface area (Å²) < 4.78 is 40.6. The second-order valence-corrected chi connectivity index (χ2v) is 8.05. The molecule has 0 bridgehead atoms. The standard InChI is InChI=1S/C11H9Br3O7S/c12-6-3-7(13)11(8(14)4-6)21-10(16)5-9(15)20-1-2-22(17,18)19/h3-4H,1-2,5H2,(H,17,18,19). The van der Waals surface area contributed by atoms with E-state index in [2.05, 4.69) is 52.5 Å². The molecule has 1 N–H and O–H groups in total. The summed E-state index contributed by atoms with van der Waals surface area (Å²) in [7, 11) is -4.22. The van der Waals surface area contributed by atoms with Gasteiger partial charge in [0, 0.05) is 4.47 Å². The fourth-order valence-corrected chi connectivity index (χ4v) is 3.92. The third kappa shape index (κ3) is 7.18. The number of benzene rings is 1. The lowest BCUT2D eigenvalue weighted by molar-refractivity contribution is -0.149. The Bertz CT molecular complexity index is 664. The van der Waals surface area contributed by atoms with Crippen LogP contribution in [0.3, 0.4) is 0 Å². The number of esters is 2. The van der Waals surface area contributed by atoms with Gasteiger partial charge in [0.1, 0.15) is 18.8 Å². The highest BCUT2D eigenvalue weighted by atomic mass is 79.9. The molecule has 0 spiro atoms. The smallest absolute Gasteiger partial charge is 0.322 e. The molecule has 0 saturated carbocycles. The Morgan fingerprint density at radius 1 is 1.09 bits per heavy atom. The van der Waals surface area contributed by atoms with Crippen molar-refractivity contribution in [3.63, 3.8) is 0 Å². The molecule has 1 aromatic rings. The fourth-order valence-electron chi connectivity index (χ4n) is 1.21. The first-order chi connectivity index (χ1) is 10.1. The molecule has 0 amide bonds. The average Bonchev–Trinajstić information content (AvgIpc) is 2.31. The minimum atomic E-state index is -4.22. The SMILES string of the molecule is O=C(CC(=O)Oc1c(Br)cc(Br)cc1Br)OCCS(=O)(=O)O. The van der Waals surface area contributed by atoms with Gasteiger partial charge in [-0.25, -0.2) is 0 Å². The van der Waals surface area contributed by atoms with Crippen LogP contribution in [0.1, 0.15) is 6.42 Å². The predicted octanol–water partition coefficient (Wildman–Crippen LogP) is 2.70. The molecule has 0 radical (unpaired) electrons. The molecule has 0 aliphatic carbocycles. The van der Waals surface area contributed by atoms with Crippen molar-refractivity contribution in [2.24, 2.45) is 0 Å². The van der Waals surface area contributed by atoms with Crippen molar-refractivity contribution in [3.8, 4) is 5.75 Å². The maximum absolute atomic E-state index is 11.6. The molecule has 0 saturated heterocycles. The van der Waals surface area contributed by atoms with Crippen molar-refractivity contribution in [1.29, 1.82) is 0 Å². The molecule has 0 fully saturated rings. The lowest BCUT2D eigenvalue weighted by Gasteiger charge is -2.09. The zero-order chi connectivity index (χ0) is 16.9. The minimum Gasteiger partial charge on any atom is -0.464 e. The van der Waals surface area contributed by atoms with Gasteiger partial charge in [0.2, 0.25) is 0 Å². The summed E-state index contributed by atoms with van der Waals surface area (Å²) in [5.41, 5.74) is 0. The van der Waals surface area contributed by atoms with Crippen molar-refractivity contribution in [1.82, 2.24) is 0 Å². The van der Waals surface area contributed by atoms with Gasteiger partial charge in [-0.15, -0.1) is 0 Å². The monoisotopic (exact) mass is 522 g/mol. The average molecular weight is 525 g/mol. The first kappa shape index (κ1) is 19.6. The molecule has 1 aromatic carbocycles. The van der Waals surface area contributed by atoms with Gasteiger partial charge in [0.05, 0.1) is 8.95 Å². The number of ether oxygens (including phenoxy) is 2. The Hall–Kier alpha value is -0.490. The summed E-state index contributed by atoms with van der Waals surface area (Å²) in [5, 5.41) is 0. The Kier molecular flexibility index (Phi) is 7.46. The van der Waals surface area contributed by atoms with Crippen molar-refractivity contribution in [3.05, 3.63) is 25.6 Å². The fraction of sp³-hybridized carbons (Fsp3) is 0.273. The maximum atomic E-state index is 11.6. The van der Waals surface area contributed by atoms with E-state index in [9.17, 15) is 18.0 Å². The molecule has 1 rings (SSSR count). The highest BCUT2D eigenvalue weighted by Crippen LogP contribution is 2.36. The van der Waals surface area contributed by atoms with E-state index < -0.39 is 40.8 Å². The van der Waals surface area contributed by atoms with Crippen LogP contribution in [0.4, 0.5) is 0 Å². The Morgan fingerprint density at radius 2 is 1.64 bits per heavy atom. The number of rotatable bonds is 6. The van der Waals surface area contributed by atoms with Gasteiger partial charge in [-0.1, -0.05) is 15.9 Å². The molecular formula is C11H9Br3O7S. The molecule has 0 heterocycles. The van der Waals surface area contributed by atoms with E-state index in [0.29, 0.717) is 8.95 Å². The van der Waals surface area contributed by atoms with Crippen LogP contribution in [0, 0.1) is 0 Å². The first-order valence-corrected chi connectivity index (χ1v) is 9.53. The summed E-state index contributed by atoms with van der Waals surface area (Å²) in [5.74, 6) is -2.38. The number of hydrogen-bond acceptors (Lipinski definition) is 6. The molecule has 0 aliphatic rings. The van der Waals surface area contributed by atoms with Crippen LogP contribution in [-0.2, 0) is 24.4 Å². The van der Waals surface area contributed by atoms with Crippen LogP contribution < -0.4 is 4.74 Å². The predicted molar refractivity (Wildman–Crippen MR) is 87.2 cm³/mol. The van der Waals surface area contributed by atoms with Crippen LogP contribution in [-0.4, -0.2) is 37.3 Å². The van der Waals surface area contributed by atoms with Gasteiger partial charge in [-0.05, 0) is 44.0 Å². The van der Waals surface area contributed by atoms with E-state index in [4.69, 9.17) is 9.29 Å². The van der Waals surface area contributed by atoms with E-state index in [-0.39, 0.29) is 5.75 Å². The third-order valence-electron chi connectivity index (χ3n) is 2.07. The second-order valence-electron chi connectivity index (χ2n) is 3.86. The van der Waals surface area contributed by atoms with Crippen molar-refractivity contribution >= 4 is 69.8 Å². The largest absolute Gasteiger partial charge is 0.464 e. The molecule has 0 unspecified atom stereocenters. The topological polar surface area (TPSA) is 107 Å². The Morgan fingerprint density at radius 3 is 2.14 bits per heavy atom. The van der Waals surface area contributed by atoms with Crippen LogP contribution in [0.15, 0.2) is 25.6 Å². The normalized spacial score (nSPS) is 11.1. The summed E-state index contributed by atoms with van der Waals surface area (Å²) in [6, 6.07) is 3.30. The van der Waals surface area contributed by atoms with E-state index in [1.165, 1.54) is 0 Å². The van der Waals surface area contributed by atoms with Crippen molar-refractivity contribution in [2.75, 3.05) is 12.4 Å². The maximum Gasteiger partial charge on any atom is 0.322 e. The molecule has 0 atom stereocenters. The molecule has 11 heteroatoms. The zero-order valence-electron chi connectivity index (χ0n) is 10.7.